The predicted octanol–water partition coefficient (Wildman–Crippen LogP) is 4.44. The van der Waals surface area contributed by atoms with E-state index < -0.39 is 6.10 Å². The number of benzene rings is 1. The monoisotopic (exact) mass is 468 g/mol. The van der Waals surface area contributed by atoms with Crippen LogP contribution in [0.4, 0.5) is 0 Å². The lowest BCUT2D eigenvalue weighted by atomic mass is 9.92. The molecule has 0 spiro atoms. The fraction of sp³-hybridized carbons (Fsp3) is 0.400. The van der Waals surface area contributed by atoms with Gasteiger partial charge in [0.2, 0.25) is 0 Å². The molecule has 1 amide bonds. The van der Waals surface area contributed by atoms with Crippen molar-refractivity contribution < 1.29 is 15.0 Å². The first kappa shape index (κ1) is 23.3. The summed E-state index contributed by atoms with van der Waals surface area (Å²) in [5.41, 5.74) is 3.63. The van der Waals surface area contributed by atoms with Gasteiger partial charge in [-0.3, -0.25) is 9.89 Å². The van der Waals surface area contributed by atoms with Crippen LogP contribution in [0, 0.1) is 18.8 Å². The minimum atomic E-state index is -0.520. The lowest BCUT2D eigenvalue weighted by Crippen LogP contribution is -2.26. The second kappa shape index (κ2) is 9.93. The number of aromatic nitrogens is 3. The number of aromatic amines is 1. The number of halogens is 1. The third kappa shape index (κ3) is 5.37. The summed E-state index contributed by atoms with van der Waals surface area (Å²) in [5, 5.41) is 27.9. The number of aliphatic hydroxyl groups excluding tert-OH is 1. The molecular formula is C25H29ClN4O3. The quantitative estimate of drug-likeness (QED) is 0.445. The molecule has 3 aromatic rings. The van der Waals surface area contributed by atoms with E-state index in [2.05, 4.69) is 15.2 Å². The van der Waals surface area contributed by atoms with Gasteiger partial charge in [-0.2, -0.15) is 5.10 Å². The number of hydrogen-bond donors (Lipinski definition) is 3. The maximum atomic E-state index is 12.8. The molecule has 33 heavy (non-hydrogen) atoms. The molecule has 0 bridgehead atoms. The van der Waals surface area contributed by atoms with Gasteiger partial charge >= 0.3 is 0 Å². The van der Waals surface area contributed by atoms with Crippen LogP contribution in [0.2, 0.25) is 5.15 Å². The second-order valence-electron chi connectivity index (χ2n) is 9.00. The highest BCUT2D eigenvalue weighted by molar-refractivity contribution is 6.29. The Balaban J connectivity index is 1.31. The van der Waals surface area contributed by atoms with Gasteiger partial charge in [0, 0.05) is 18.8 Å². The summed E-state index contributed by atoms with van der Waals surface area (Å²) in [6, 6.07) is 11.3. The summed E-state index contributed by atoms with van der Waals surface area (Å²) in [6.07, 6.45) is 5.07. The zero-order valence-corrected chi connectivity index (χ0v) is 19.6. The summed E-state index contributed by atoms with van der Waals surface area (Å²) < 4.78 is 0. The molecular weight excluding hydrogens is 440 g/mol. The molecule has 0 radical (unpaired) electrons. The maximum Gasteiger partial charge on any atom is 0.253 e. The number of rotatable bonds is 7. The van der Waals surface area contributed by atoms with Crippen molar-refractivity contribution in [1.82, 2.24) is 20.1 Å². The van der Waals surface area contributed by atoms with Gasteiger partial charge in [-0.1, -0.05) is 29.8 Å². The number of nitrogens with zero attached hydrogens (tertiary/aromatic N) is 3. The molecule has 7 nitrogen and oxygen atoms in total. The highest BCUT2D eigenvalue weighted by Crippen LogP contribution is 2.40. The molecule has 1 aromatic carbocycles. The van der Waals surface area contributed by atoms with Crippen LogP contribution in [0.5, 0.6) is 5.75 Å². The molecule has 2 aromatic heterocycles. The van der Waals surface area contributed by atoms with Crippen LogP contribution < -0.4 is 0 Å². The van der Waals surface area contributed by atoms with Crippen LogP contribution in [-0.4, -0.2) is 43.2 Å². The molecule has 1 aliphatic carbocycles. The molecule has 174 valence electrons. The van der Waals surface area contributed by atoms with Gasteiger partial charge in [0.05, 0.1) is 18.3 Å². The Morgan fingerprint density at radius 1 is 1.24 bits per heavy atom. The summed E-state index contributed by atoms with van der Waals surface area (Å²) in [6.45, 7) is 1.96. The van der Waals surface area contributed by atoms with Gasteiger partial charge < -0.3 is 15.1 Å². The largest absolute Gasteiger partial charge is 0.504 e. The first-order valence-electron chi connectivity index (χ1n) is 11.2. The number of nitrogens with one attached hydrogen (secondary N) is 1. The Morgan fingerprint density at radius 3 is 2.64 bits per heavy atom. The molecule has 3 N–H and O–H groups in total. The maximum absolute atomic E-state index is 12.8. The van der Waals surface area contributed by atoms with E-state index in [0.29, 0.717) is 28.0 Å². The number of carbonyl (C=O) groups is 1. The van der Waals surface area contributed by atoms with Crippen molar-refractivity contribution in [2.24, 2.45) is 11.8 Å². The number of amides is 1. The summed E-state index contributed by atoms with van der Waals surface area (Å²) >= 11 is 5.85. The smallest absolute Gasteiger partial charge is 0.253 e. The van der Waals surface area contributed by atoms with Crippen molar-refractivity contribution in [2.75, 3.05) is 7.05 Å². The molecule has 1 aliphatic rings. The van der Waals surface area contributed by atoms with Gasteiger partial charge in [0.15, 0.2) is 5.75 Å². The van der Waals surface area contributed by atoms with Crippen molar-refractivity contribution in [3.63, 3.8) is 0 Å². The number of hydrogen-bond acceptors (Lipinski definition) is 5. The summed E-state index contributed by atoms with van der Waals surface area (Å²) in [7, 11) is 1.69. The molecule has 0 saturated heterocycles. The first-order chi connectivity index (χ1) is 15.8. The van der Waals surface area contributed by atoms with Crippen molar-refractivity contribution in [2.45, 2.75) is 45.3 Å². The van der Waals surface area contributed by atoms with E-state index in [1.54, 1.807) is 31.1 Å². The Hall–Kier alpha value is -2.90. The fourth-order valence-corrected chi connectivity index (χ4v) is 4.75. The number of pyridine rings is 1. The third-order valence-corrected chi connectivity index (χ3v) is 6.79. The average molecular weight is 469 g/mol. The molecule has 0 unspecified atom stereocenters. The number of aromatic hydroxyl groups is 1. The topological polar surface area (TPSA) is 102 Å². The molecule has 1 fully saturated rings. The summed E-state index contributed by atoms with van der Waals surface area (Å²) in [4.78, 5) is 18.4. The highest BCUT2D eigenvalue weighted by atomic mass is 35.5. The molecule has 1 saturated carbocycles. The zero-order chi connectivity index (χ0) is 23.5. The number of aryl methyl sites for hydroxylation is 1. The van der Waals surface area contributed by atoms with Gasteiger partial charge in [-0.05, 0) is 73.8 Å². The van der Waals surface area contributed by atoms with Gasteiger partial charge in [0.25, 0.3) is 5.91 Å². The van der Waals surface area contributed by atoms with E-state index in [9.17, 15) is 15.0 Å². The minimum absolute atomic E-state index is 0.0947. The lowest BCUT2D eigenvalue weighted by molar-refractivity contribution is 0.0782. The van der Waals surface area contributed by atoms with Crippen LogP contribution in [-0.2, 0) is 13.0 Å². The minimum Gasteiger partial charge on any atom is -0.504 e. The normalized spacial score (nSPS) is 18.9. The van der Waals surface area contributed by atoms with Crippen LogP contribution in [0.3, 0.4) is 0 Å². The molecule has 2 heterocycles. The van der Waals surface area contributed by atoms with Crippen molar-refractivity contribution in [3.8, 4) is 5.75 Å². The van der Waals surface area contributed by atoms with Crippen LogP contribution in [0.15, 0.2) is 42.6 Å². The molecule has 3 atom stereocenters. The van der Waals surface area contributed by atoms with Crippen LogP contribution in [0.1, 0.15) is 58.2 Å². The third-order valence-electron chi connectivity index (χ3n) is 6.57. The SMILES string of the molecule is Cc1[nH]nc(CN(C)C(=O)c2ccc(C[C@@H]3CC[C@H]([C@H](O)c4ccc(Cl)nc4)C3)cc2)c1O. The zero-order valence-electron chi connectivity index (χ0n) is 18.8. The standard InChI is InChI=1S/C25H29ClN4O3/c1-15-23(31)21(29-28-15)14-30(2)25(33)18-6-3-16(4-7-18)11-17-5-8-19(12-17)24(32)20-9-10-22(26)27-13-20/h3-4,6-7,9-10,13,17,19,24,31-32H,5,8,11-12,14H2,1-2H3,(H,28,29)/t17-,19-,24-/m0/s1. The Labute approximate surface area is 198 Å². The Kier molecular flexibility index (Phi) is 7.00. The molecule has 0 aliphatic heterocycles. The Bertz CT molecular complexity index is 1100. The van der Waals surface area contributed by atoms with E-state index in [1.807, 2.05) is 30.3 Å². The molecule has 4 rings (SSSR count). The van der Waals surface area contributed by atoms with E-state index in [4.69, 9.17) is 11.6 Å². The van der Waals surface area contributed by atoms with Crippen molar-refractivity contribution in [1.29, 1.82) is 0 Å². The van der Waals surface area contributed by atoms with Gasteiger partial charge in [0.1, 0.15) is 10.8 Å². The number of aliphatic hydroxyl groups is 1. The first-order valence-corrected chi connectivity index (χ1v) is 11.6. The lowest BCUT2D eigenvalue weighted by Gasteiger charge is -2.19. The van der Waals surface area contributed by atoms with E-state index >= 15 is 0 Å². The van der Waals surface area contributed by atoms with Gasteiger partial charge in [-0.15, -0.1) is 0 Å². The van der Waals surface area contributed by atoms with Crippen LogP contribution in [0.25, 0.3) is 0 Å². The van der Waals surface area contributed by atoms with Gasteiger partial charge in [-0.25, -0.2) is 4.98 Å². The number of carbonyl (C=O) groups excluding carboxylic acids is 1. The highest BCUT2D eigenvalue weighted by Gasteiger charge is 2.31. The second-order valence-corrected chi connectivity index (χ2v) is 9.39. The Morgan fingerprint density at radius 2 is 2.00 bits per heavy atom. The average Bonchev–Trinajstić information content (AvgIpc) is 3.41. The van der Waals surface area contributed by atoms with Crippen LogP contribution >= 0.6 is 11.6 Å². The molecule has 8 heteroatoms. The fourth-order valence-electron chi connectivity index (χ4n) is 4.64. The van der Waals surface area contributed by atoms with Crippen molar-refractivity contribution >= 4 is 17.5 Å². The van der Waals surface area contributed by atoms with E-state index in [1.165, 1.54) is 5.56 Å². The summed E-state index contributed by atoms with van der Waals surface area (Å²) in [5.74, 6) is 0.689. The van der Waals surface area contributed by atoms with Crippen molar-refractivity contribution in [3.05, 3.63) is 75.8 Å². The van der Waals surface area contributed by atoms with E-state index in [-0.39, 0.29) is 24.1 Å². The predicted molar refractivity (Wildman–Crippen MR) is 126 cm³/mol. The van der Waals surface area contributed by atoms with E-state index in [0.717, 1.165) is 31.2 Å². The number of H-pyrrole nitrogens is 1.